The monoisotopic (exact) mass is 344 g/mol. The molecule has 24 heavy (non-hydrogen) atoms. The van der Waals surface area contributed by atoms with Crippen molar-refractivity contribution in [2.24, 2.45) is 0 Å². The highest BCUT2D eigenvalue weighted by Crippen LogP contribution is 2.30. The third-order valence-electron chi connectivity index (χ3n) is 3.82. The molecule has 0 aliphatic rings. The van der Waals surface area contributed by atoms with Crippen LogP contribution < -0.4 is 20.1 Å². The molecule has 0 fully saturated rings. The van der Waals surface area contributed by atoms with Gasteiger partial charge in [-0.1, -0.05) is 32.0 Å². The number of methoxy groups -OCH3 is 2. The van der Waals surface area contributed by atoms with E-state index in [9.17, 15) is 0 Å². The zero-order chi connectivity index (χ0) is 17.7. The maximum Gasteiger partial charge on any atom is 0.175 e. The van der Waals surface area contributed by atoms with Gasteiger partial charge >= 0.3 is 0 Å². The van der Waals surface area contributed by atoms with Gasteiger partial charge < -0.3 is 20.1 Å². The van der Waals surface area contributed by atoms with E-state index in [4.69, 9.17) is 21.7 Å². The molecule has 5 heteroatoms. The Kier molecular flexibility index (Phi) is 6.04. The van der Waals surface area contributed by atoms with E-state index >= 15 is 0 Å². The average molecular weight is 344 g/mol. The molecule has 0 spiro atoms. The molecule has 2 rings (SSSR count). The predicted molar refractivity (Wildman–Crippen MR) is 105 cm³/mol. The third kappa shape index (κ3) is 4.17. The second-order valence-electron chi connectivity index (χ2n) is 5.84. The quantitative estimate of drug-likeness (QED) is 0.752. The van der Waals surface area contributed by atoms with Gasteiger partial charge in [-0.15, -0.1) is 0 Å². The van der Waals surface area contributed by atoms with Crippen molar-refractivity contribution < 1.29 is 9.47 Å². The van der Waals surface area contributed by atoms with Crippen LogP contribution in [0.15, 0.2) is 36.4 Å². The number of hydrogen-bond donors (Lipinski definition) is 2. The summed E-state index contributed by atoms with van der Waals surface area (Å²) in [6, 6.07) is 11.8. The van der Waals surface area contributed by atoms with E-state index in [0.29, 0.717) is 16.8 Å². The Hall–Kier alpha value is -2.27. The van der Waals surface area contributed by atoms with E-state index in [0.717, 1.165) is 22.7 Å². The standard InChI is InChI=1S/C19H24N2O2S/c1-12(2)15-8-6-7-13(3)18(15)21-19(24)20-16-11-14(22-4)9-10-17(16)23-5/h6-12H,1-5H3,(H2,20,21,24). The van der Waals surface area contributed by atoms with Crippen molar-refractivity contribution >= 4 is 28.7 Å². The molecule has 0 aliphatic carbocycles. The molecule has 0 radical (unpaired) electrons. The number of benzene rings is 2. The van der Waals surface area contributed by atoms with Gasteiger partial charge in [0.05, 0.1) is 19.9 Å². The van der Waals surface area contributed by atoms with Crippen LogP contribution in [0.3, 0.4) is 0 Å². The zero-order valence-corrected chi connectivity index (χ0v) is 15.6. The summed E-state index contributed by atoms with van der Waals surface area (Å²) in [6.45, 7) is 6.41. The summed E-state index contributed by atoms with van der Waals surface area (Å²) in [6.07, 6.45) is 0. The van der Waals surface area contributed by atoms with Crippen LogP contribution in [0.5, 0.6) is 11.5 Å². The first kappa shape index (κ1) is 18.1. The number of thiocarbonyl (C=S) groups is 1. The van der Waals surface area contributed by atoms with Gasteiger partial charge in [-0.3, -0.25) is 0 Å². The molecule has 2 aromatic rings. The molecular weight excluding hydrogens is 320 g/mol. The maximum atomic E-state index is 5.49. The Morgan fingerprint density at radius 3 is 2.42 bits per heavy atom. The molecule has 0 aliphatic heterocycles. The summed E-state index contributed by atoms with van der Waals surface area (Å²) in [5.41, 5.74) is 4.20. The summed E-state index contributed by atoms with van der Waals surface area (Å²) in [4.78, 5) is 0. The third-order valence-corrected chi connectivity index (χ3v) is 4.02. The molecule has 0 saturated heterocycles. The minimum atomic E-state index is 0.404. The molecule has 4 nitrogen and oxygen atoms in total. The number of anilines is 2. The van der Waals surface area contributed by atoms with Gasteiger partial charge in [-0.25, -0.2) is 0 Å². The molecule has 0 bridgehead atoms. The van der Waals surface area contributed by atoms with Crippen LogP contribution in [0.2, 0.25) is 0 Å². The Morgan fingerprint density at radius 1 is 1.04 bits per heavy atom. The van der Waals surface area contributed by atoms with Crippen molar-refractivity contribution in [1.82, 2.24) is 0 Å². The second-order valence-corrected chi connectivity index (χ2v) is 6.25. The van der Waals surface area contributed by atoms with Gasteiger partial charge in [0.1, 0.15) is 11.5 Å². The van der Waals surface area contributed by atoms with Gasteiger partial charge in [0.25, 0.3) is 0 Å². The normalized spacial score (nSPS) is 10.4. The second kappa shape index (κ2) is 8.02. The topological polar surface area (TPSA) is 42.5 Å². The Balaban J connectivity index is 2.23. The lowest BCUT2D eigenvalue weighted by Gasteiger charge is -2.19. The van der Waals surface area contributed by atoms with Gasteiger partial charge in [-0.05, 0) is 48.3 Å². The van der Waals surface area contributed by atoms with E-state index < -0.39 is 0 Å². The van der Waals surface area contributed by atoms with Crippen LogP contribution in [0.1, 0.15) is 30.9 Å². The van der Waals surface area contributed by atoms with Gasteiger partial charge in [-0.2, -0.15) is 0 Å². The molecule has 2 N–H and O–H groups in total. The lowest BCUT2D eigenvalue weighted by atomic mass is 9.98. The molecule has 0 unspecified atom stereocenters. The summed E-state index contributed by atoms with van der Waals surface area (Å²) >= 11 is 5.49. The van der Waals surface area contributed by atoms with E-state index in [1.807, 2.05) is 18.2 Å². The van der Waals surface area contributed by atoms with Crippen LogP contribution in [-0.4, -0.2) is 19.3 Å². The number of ether oxygens (including phenoxy) is 2. The number of aryl methyl sites for hydroxylation is 1. The van der Waals surface area contributed by atoms with Gasteiger partial charge in [0.2, 0.25) is 0 Å². The van der Waals surface area contributed by atoms with Crippen molar-refractivity contribution in [3.63, 3.8) is 0 Å². The van der Waals surface area contributed by atoms with Crippen LogP contribution in [0, 0.1) is 6.92 Å². The highest BCUT2D eigenvalue weighted by atomic mass is 32.1. The first-order valence-corrected chi connectivity index (χ1v) is 8.26. The molecule has 128 valence electrons. The Bertz CT molecular complexity index is 729. The highest BCUT2D eigenvalue weighted by Gasteiger charge is 2.12. The fraction of sp³-hybridized carbons (Fsp3) is 0.316. The average Bonchev–Trinajstić information content (AvgIpc) is 2.56. The predicted octanol–water partition coefficient (Wildman–Crippen LogP) is 4.94. The van der Waals surface area contributed by atoms with Crippen molar-refractivity contribution in [2.45, 2.75) is 26.7 Å². The maximum absolute atomic E-state index is 5.49. The minimum absolute atomic E-state index is 0.404. The SMILES string of the molecule is COc1ccc(OC)c(NC(=S)Nc2c(C)cccc2C(C)C)c1. The molecule has 0 amide bonds. The zero-order valence-electron chi connectivity index (χ0n) is 14.8. The first-order valence-electron chi connectivity index (χ1n) is 7.85. The fourth-order valence-corrected chi connectivity index (χ4v) is 2.73. The lowest BCUT2D eigenvalue weighted by Crippen LogP contribution is -2.21. The van der Waals surface area contributed by atoms with E-state index in [-0.39, 0.29) is 0 Å². The summed E-state index contributed by atoms with van der Waals surface area (Å²) in [7, 11) is 3.26. The molecule has 0 aromatic heterocycles. The first-order chi connectivity index (χ1) is 11.5. The number of nitrogens with one attached hydrogen (secondary N) is 2. The highest BCUT2D eigenvalue weighted by molar-refractivity contribution is 7.80. The molecule has 0 atom stereocenters. The van der Waals surface area contributed by atoms with E-state index in [2.05, 4.69) is 49.6 Å². The Morgan fingerprint density at radius 2 is 1.79 bits per heavy atom. The lowest BCUT2D eigenvalue weighted by molar-refractivity contribution is 0.405. The van der Waals surface area contributed by atoms with Crippen molar-refractivity contribution in [1.29, 1.82) is 0 Å². The largest absolute Gasteiger partial charge is 0.497 e. The molecule has 0 saturated carbocycles. The number of para-hydroxylation sites is 1. The van der Waals surface area contributed by atoms with Gasteiger partial charge in [0, 0.05) is 11.8 Å². The van der Waals surface area contributed by atoms with Crippen LogP contribution >= 0.6 is 12.2 Å². The molecule has 0 heterocycles. The summed E-state index contributed by atoms with van der Waals surface area (Å²) < 4.78 is 10.6. The van der Waals surface area contributed by atoms with Crippen molar-refractivity contribution in [3.05, 3.63) is 47.5 Å². The van der Waals surface area contributed by atoms with Crippen LogP contribution in [0.25, 0.3) is 0 Å². The summed E-state index contributed by atoms with van der Waals surface area (Å²) in [5, 5.41) is 7.03. The van der Waals surface area contributed by atoms with E-state index in [1.54, 1.807) is 14.2 Å². The van der Waals surface area contributed by atoms with Gasteiger partial charge in [0.15, 0.2) is 5.11 Å². The molecule has 2 aromatic carbocycles. The van der Waals surface area contributed by atoms with Crippen molar-refractivity contribution in [2.75, 3.05) is 24.9 Å². The summed E-state index contributed by atoms with van der Waals surface area (Å²) in [5.74, 6) is 1.84. The van der Waals surface area contributed by atoms with Crippen molar-refractivity contribution in [3.8, 4) is 11.5 Å². The number of hydrogen-bond acceptors (Lipinski definition) is 3. The fourth-order valence-electron chi connectivity index (χ4n) is 2.52. The number of rotatable bonds is 5. The Labute approximate surface area is 149 Å². The minimum Gasteiger partial charge on any atom is -0.497 e. The molecular formula is C19H24N2O2S. The van der Waals surface area contributed by atoms with Crippen LogP contribution in [0.4, 0.5) is 11.4 Å². The smallest absolute Gasteiger partial charge is 0.175 e. The van der Waals surface area contributed by atoms with E-state index in [1.165, 1.54) is 5.56 Å². The van der Waals surface area contributed by atoms with Crippen LogP contribution in [-0.2, 0) is 0 Å².